The zero-order valence-corrected chi connectivity index (χ0v) is 9.00. The minimum atomic E-state index is -0.852. The monoisotopic (exact) mass is 236 g/mol. The Bertz CT molecular complexity index is 443. The third kappa shape index (κ3) is 2.42. The number of aliphatic carboxylic acids is 1. The van der Waals surface area contributed by atoms with Crippen molar-refractivity contribution in [1.82, 2.24) is 5.32 Å². The fourth-order valence-corrected chi connectivity index (χ4v) is 2.03. The molecule has 0 aromatic heterocycles. The number of carboxylic acids is 1. The molecule has 1 aliphatic rings. The summed E-state index contributed by atoms with van der Waals surface area (Å²) in [4.78, 5) is 20.8. The summed E-state index contributed by atoms with van der Waals surface area (Å²) < 4.78 is 0. The topological polar surface area (TPSA) is 92.5 Å². The normalized spacial score (nSPS) is 23.5. The number of nitrogens with zero attached hydrogens (tertiary/aromatic N) is 1. The van der Waals surface area contributed by atoms with Gasteiger partial charge in [-0.05, 0) is 18.4 Å². The van der Waals surface area contributed by atoms with Gasteiger partial charge in [-0.25, -0.2) is 0 Å². The number of non-ortho nitro benzene ring substituents is 1. The number of rotatable bonds is 3. The standard InChI is InChI=1S/C11H12N2O4/c14-11(15)10-6-5-9(12-10)7-1-3-8(4-2-7)13(16)17/h1-4,9-10,12H,5-6H2,(H,14,15)/t9-,10+/m1/s1. The van der Waals surface area contributed by atoms with Crippen LogP contribution in [0.5, 0.6) is 0 Å². The van der Waals surface area contributed by atoms with Gasteiger partial charge in [0.2, 0.25) is 0 Å². The van der Waals surface area contributed by atoms with Gasteiger partial charge in [-0.2, -0.15) is 0 Å². The second-order valence-electron chi connectivity index (χ2n) is 4.04. The van der Waals surface area contributed by atoms with Crippen LogP contribution in [0.3, 0.4) is 0 Å². The number of carbonyl (C=O) groups is 1. The van der Waals surface area contributed by atoms with Gasteiger partial charge in [0, 0.05) is 18.2 Å². The summed E-state index contributed by atoms with van der Waals surface area (Å²) in [6.07, 6.45) is 1.31. The maximum atomic E-state index is 10.8. The zero-order chi connectivity index (χ0) is 12.4. The highest BCUT2D eigenvalue weighted by atomic mass is 16.6. The molecule has 0 bridgehead atoms. The van der Waals surface area contributed by atoms with E-state index < -0.39 is 16.9 Å². The average Bonchev–Trinajstić information content (AvgIpc) is 2.78. The number of carboxylic acid groups (broad SMARTS) is 1. The summed E-state index contributed by atoms with van der Waals surface area (Å²) >= 11 is 0. The van der Waals surface area contributed by atoms with Crippen molar-refractivity contribution in [3.63, 3.8) is 0 Å². The van der Waals surface area contributed by atoms with E-state index in [-0.39, 0.29) is 11.7 Å². The van der Waals surface area contributed by atoms with Gasteiger partial charge in [-0.15, -0.1) is 0 Å². The van der Waals surface area contributed by atoms with Gasteiger partial charge in [-0.3, -0.25) is 20.2 Å². The summed E-state index contributed by atoms with van der Waals surface area (Å²) in [5.74, 6) is -0.852. The Kier molecular flexibility index (Phi) is 3.06. The second-order valence-corrected chi connectivity index (χ2v) is 4.04. The molecule has 0 aliphatic carbocycles. The Labute approximate surface area is 97.4 Å². The lowest BCUT2D eigenvalue weighted by molar-refractivity contribution is -0.384. The lowest BCUT2D eigenvalue weighted by atomic mass is 10.1. The minimum absolute atomic E-state index is 0.0306. The highest BCUT2D eigenvalue weighted by Crippen LogP contribution is 2.27. The Hall–Kier alpha value is -1.95. The van der Waals surface area contributed by atoms with Crippen molar-refractivity contribution in [2.45, 2.75) is 24.9 Å². The Morgan fingerprint density at radius 3 is 2.47 bits per heavy atom. The molecule has 2 atom stereocenters. The average molecular weight is 236 g/mol. The number of hydrogen-bond donors (Lipinski definition) is 2. The molecule has 0 amide bonds. The molecule has 6 heteroatoms. The van der Waals surface area contributed by atoms with Crippen LogP contribution in [0.1, 0.15) is 24.4 Å². The van der Waals surface area contributed by atoms with Crippen molar-refractivity contribution in [2.75, 3.05) is 0 Å². The fraction of sp³-hybridized carbons (Fsp3) is 0.364. The smallest absolute Gasteiger partial charge is 0.320 e. The number of benzene rings is 1. The highest BCUT2D eigenvalue weighted by Gasteiger charge is 2.29. The Balaban J connectivity index is 2.09. The molecular formula is C11H12N2O4. The molecule has 1 heterocycles. The van der Waals surface area contributed by atoms with Gasteiger partial charge in [0.1, 0.15) is 6.04 Å². The quantitative estimate of drug-likeness (QED) is 0.612. The first-order valence-corrected chi connectivity index (χ1v) is 5.31. The van der Waals surface area contributed by atoms with Crippen LogP contribution in [-0.4, -0.2) is 22.0 Å². The van der Waals surface area contributed by atoms with Crippen LogP contribution in [-0.2, 0) is 4.79 Å². The summed E-state index contributed by atoms with van der Waals surface area (Å²) in [6, 6.07) is 5.66. The third-order valence-electron chi connectivity index (χ3n) is 2.95. The van der Waals surface area contributed by atoms with Crippen molar-refractivity contribution < 1.29 is 14.8 Å². The minimum Gasteiger partial charge on any atom is -0.480 e. The molecule has 17 heavy (non-hydrogen) atoms. The van der Waals surface area contributed by atoms with E-state index in [1.54, 1.807) is 12.1 Å². The summed E-state index contributed by atoms with van der Waals surface area (Å²) in [7, 11) is 0. The van der Waals surface area contributed by atoms with E-state index in [9.17, 15) is 14.9 Å². The van der Waals surface area contributed by atoms with Crippen molar-refractivity contribution in [1.29, 1.82) is 0 Å². The van der Waals surface area contributed by atoms with Crippen molar-refractivity contribution in [2.24, 2.45) is 0 Å². The van der Waals surface area contributed by atoms with Gasteiger partial charge in [0.25, 0.3) is 5.69 Å². The molecule has 0 spiro atoms. The molecule has 0 saturated carbocycles. The first-order valence-electron chi connectivity index (χ1n) is 5.31. The first-order chi connectivity index (χ1) is 8.08. The van der Waals surface area contributed by atoms with E-state index in [0.29, 0.717) is 6.42 Å². The van der Waals surface area contributed by atoms with Crippen LogP contribution in [0.4, 0.5) is 5.69 Å². The van der Waals surface area contributed by atoms with Crippen LogP contribution >= 0.6 is 0 Å². The number of nitro groups is 1. The van der Waals surface area contributed by atoms with E-state index >= 15 is 0 Å². The van der Waals surface area contributed by atoms with Gasteiger partial charge in [0.05, 0.1) is 4.92 Å². The Morgan fingerprint density at radius 2 is 2.00 bits per heavy atom. The van der Waals surface area contributed by atoms with Crippen LogP contribution < -0.4 is 5.32 Å². The highest BCUT2D eigenvalue weighted by molar-refractivity contribution is 5.73. The molecule has 2 rings (SSSR count). The molecule has 2 N–H and O–H groups in total. The fourth-order valence-electron chi connectivity index (χ4n) is 2.03. The molecule has 0 radical (unpaired) electrons. The molecular weight excluding hydrogens is 224 g/mol. The van der Waals surface area contributed by atoms with Crippen molar-refractivity contribution in [3.05, 3.63) is 39.9 Å². The molecule has 90 valence electrons. The van der Waals surface area contributed by atoms with Crippen LogP contribution in [0.2, 0.25) is 0 Å². The molecule has 1 fully saturated rings. The van der Waals surface area contributed by atoms with Gasteiger partial charge < -0.3 is 5.11 Å². The van der Waals surface area contributed by atoms with E-state index in [1.165, 1.54) is 12.1 Å². The molecule has 1 aromatic rings. The lowest BCUT2D eigenvalue weighted by Gasteiger charge is -2.11. The van der Waals surface area contributed by atoms with Crippen LogP contribution in [0.25, 0.3) is 0 Å². The summed E-state index contributed by atoms with van der Waals surface area (Å²) in [6.45, 7) is 0. The van der Waals surface area contributed by atoms with Gasteiger partial charge in [0.15, 0.2) is 0 Å². The maximum Gasteiger partial charge on any atom is 0.320 e. The van der Waals surface area contributed by atoms with Crippen LogP contribution in [0, 0.1) is 10.1 Å². The lowest BCUT2D eigenvalue weighted by Crippen LogP contribution is -2.31. The van der Waals surface area contributed by atoms with E-state index in [0.717, 1.165) is 12.0 Å². The van der Waals surface area contributed by atoms with Crippen molar-refractivity contribution in [3.8, 4) is 0 Å². The summed E-state index contributed by atoms with van der Waals surface area (Å²) in [5.41, 5.74) is 0.931. The molecule has 6 nitrogen and oxygen atoms in total. The molecule has 1 aliphatic heterocycles. The number of hydrogen-bond acceptors (Lipinski definition) is 4. The number of nitro benzene ring substituents is 1. The van der Waals surface area contributed by atoms with E-state index in [4.69, 9.17) is 5.11 Å². The largest absolute Gasteiger partial charge is 0.480 e. The molecule has 1 aromatic carbocycles. The SMILES string of the molecule is O=C(O)[C@@H]1CC[C@H](c2ccc([N+](=O)[O-])cc2)N1. The van der Waals surface area contributed by atoms with Gasteiger partial charge >= 0.3 is 5.97 Å². The second kappa shape index (κ2) is 4.50. The molecule has 1 saturated heterocycles. The zero-order valence-electron chi connectivity index (χ0n) is 9.00. The Morgan fingerprint density at radius 1 is 1.35 bits per heavy atom. The van der Waals surface area contributed by atoms with Gasteiger partial charge in [-0.1, -0.05) is 12.1 Å². The summed E-state index contributed by atoms with van der Waals surface area (Å²) in [5, 5.41) is 22.3. The first kappa shape index (κ1) is 11.5. The predicted molar refractivity (Wildman–Crippen MR) is 59.6 cm³/mol. The third-order valence-corrected chi connectivity index (χ3v) is 2.95. The van der Waals surface area contributed by atoms with E-state index in [2.05, 4.69) is 5.32 Å². The molecule has 0 unspecified atom stereocenters. The van der Waals surface area contributed by atoms with Crippen molar-refractivity contribution >= 4 is 11.7 Å². The maximum absolute atomic E-state index is 10.8. The van der Waals surface area contributed by atoms with Crippen LogP contribution in [0.15, 0.2) is 24.3 Å². The van der Waals surface area contributed by atoms with E-state index in [1.807, 2.05) is 0 Å². The predicted octanol–water partition coefficient (Wildman–Crippen LogP) is 1.47. The number of nitrogens with one attached hydrogen (secondary N) is 1.